The van der Waals surface area contributed by atoms with Crippen LogP contribution in [0.5, 0.6) is 0 Å². The smallest absolute Gasteiger partial charge is 0.462 e. The summed E-state index contributed by atoms with van der Waals surface area (Å²) in [6.45, 7) is 11.4. The maximum atomic E-state index is 15.0. The highest BCUT2D eigenvalue weighted by Crippen LogP contribution is 2.43. The number of hydrogen-bond acceptors (Lipinski definition) is 19. The quantitative estimate of drug-likeness (QED) is 0.0121. The largest absolute Gasteiger partial charge is 0.470 e. The van der Waals surface area contributed by atoms with E-state index in [-0.39, 0.29) is 32.1 Å². The molecule has 2 aliphatic rings. The van der Waals surface area contributed by atoms with Crippen molar-refractivity contribution >= 4 is 43.5 Å². The second-order valence-electron chi connectivity index (χ2n) is 35.5. The fourth-order valence-electron chi connectivity index (χ4n) is 16.7. The lowest BCUT2D eigenvalue weighted by Crippen LogP contribution is -2.67. The predicted molar refractivity (Wildman–Crippen MR) is 478 cm³/mol. The van der Waals surface area contributed by atoms with E-state index in [9.17, 15) is 58.8 Å². The van der Waals surface area contributed by atoms with Crippen molar-refractivity contribution in [3.63, 3.8) is 0 Å². The van der Waals surface area contributed by atoms with Gasteiger partial charge in [-0.05, 0) is 57.8 Å². The minimum absolute atomic E-state index is 0.124. The van der Waals surface area contributed by atoms with Crippen molar-refractivity contribution in [3.05, 3.63) is 0 Å². The van der Waals surface area contributed by atoms with E-state index in [1.165, 1.54) is 173 Å². The van der Waals surface area contributed by atoms with E-state index < -0.39 is 149 Å². The molecule has 2 fully saturated rings. The third kappa shape index (κ3) is 60.3. The van der Waals surface area contributed by atoms with Crippen LogP contribution >= 0.6 is 7.82 Å². The molecule has 0 bridgehead atoms. The van der Waals surface area contributed by atoms with E-state index in [0.29, 0.717) is 51.4 Å². The summed E-state index contributed by atoms with van der Waals surface area (Å²) in [4.78, 5) is 106. The molecule has 0 radical (unpaired) electrons. The highest BCUT2D eigenvalue weighted by molar-refractivity contribution is 7.46. The van der Waals surface area contributed by atoms with Crippen molar-refractivity contribution in [2.45, 2.75) is 564 Å². The van der Waals surface area contributed by atoms with Crippen LogP contribution in [-0.2, 0) is 71.0 Å². The van der Waals surface area contributed by atoms with E-state index in [0.717, 1.165) is 173 Å². The summed E-state index contributed by atoms with van der Waals surface area (Å²) in [6, 6.07) is -3.37. The Morgan fingerprint density at radius 2 is 0.608 bits per heavy atom. The molecule has 0 aromatic carbocycles. The average Bonchev–Trinajstić information content (AvgIpc) is 0.750. The lowest BCUT2D eigenvalue weighted by atomic mass is 9.95. The van der Waals surface area contributed by atoms with Crippen molar-refractivity contribution in [1.29, 1.82) is 0 Å². The number of esters is 4. The summed E-state index contributed by atoms with van der Waals surface area (Å²) in [5.74, 6) is -3.84. The van der Waals surface area contributed by atoms with E-state index in [1.807, 2.05) is 0 Å². The standard InChI is InChI=1S/C96H181N2O21P/c1-7-13-19-25-31-37-40-46-52-58-64-70-85(102)113-78(67-61-55-49-43-34-28-22-16-10-4)73-83(100)97-89-92(107)91(106)82(116-95(89)108)77-112-96-90(98-84(101)74-79(68-62-56-50-44-35-29-23-17-11-5)114-86(103)71-65-59-53-47-41-38-32-26-20-14-8-2)94(93(81(76-99)117-96)119-120(109,110)111)118-88(105)75-80(69-63-57-51-45-36-30-24-18-12-6)115-87(104)72-66-60-54-48-42-39-33-27-21-15-9-3/h78-82,89-96,99,106-108H,7-77H2,1-6H3,(H,97,100)(H,98,101)(H2,109,110,111)/t78-,79-,80-,81?,82?,89?,90?,91-,92-,93-,94-,95-,96-/m1/s1. The molecule has 2 saturated heterocycles. The zero-order valence-corrected chi connectivity index (χ0v) is 77.9. The molecule has 0 aliphatic carbocycles. The summed E-state index contributed by atoms with van der Waals surface area (Å²) < 4.78 is 61.5. The van der Waals surface area contributed by atoms with Gasteiger partial charge in [-0.25, -0.2) is 4.57 Å². The van der Waals surface area contributed by atoms with Gasteiger partial charge in [0.15, 0.2) is 18.7 Å². The number of phosphoric ester groups is 1. The minimum Gasteiger partial charge on any atom is -0.462 e. The van der Waals surface area contributed by atoms with E-state index in [1.54, 1.807) is 0 Å². The minimum atomic E-state index is -5.58. The van der Waals surface area contributed by atoms with Crippen molar-refractivity contribution < 1.29 is 101 Å². The number of hydrogen-bond donors (Lipinski definition) is 8. The molecule has 13 atom stereocenters. The number of rotatable bonds is 84. The Labute approximate surface area is 729 Å². The summed E-state index contributed by atoms with van der Waals surface area (Å²) >= 11 is 0. The van der Waals surface area contributed by atoms with Gasteiger partial charge in [-0.3, -0.25) is 33.3 Å². The van der Waals surface area contributed by atoms with Gasteiger partial charge in [0.25, 0.3) is 0 Å². The van der Waals surface area contributed by atoms with Gasteiger partial charge in [-0.2, -0.15) is 0 Å². The molecule has 2 amide bonds. The number of unbranched alkanes of at least 4 members (excludes halogenated alkanes) is 54. The van der Waals surface area contributed by atoms with E-state index >= 15 is 4.79 Å². The SMILES string of the molecule is CCCCCCCCCCCCCC(=O)O[C@H](CCCCCCCCCCC)CC(=O)NC1[C@H](O)OC(CO[C@@H]2OC(CO)[C@@H](OP(=O)(O)O)[C@H](OC(=O)C[C@@H](CCCCCCCCCCC)OC(=O)CCCCCCCCCCCCC)C2NC(=O)C[C@@H](CCCCCCCCCCC)OC(=O)CCCCCCCCCCCCC)[C@@H](O)[C@@H]1O. The number of phosphoric acid groups is 1. The number of nitrogens with one attached hydrogen (secondary N) is 2. The van der Waals surface area contributed by atoms with Crippen LogP contribution in [0.4, 0.5) is 0 Å². The normalized spacial score (nSPS) is 20.2. The Kier molecular flexibility index (Phi) is 72.2. The van der Waals surface area contributed by atoms with Crippen LogP contribution in [0.2, 0.25) is 0 Å². The highest BCUT2D eigenvalue weighted by atomic mass is 31.2. The lowest BCUT2D eigenvalue weighted by Gasteiger charge is -2.46. The molecule has 2 aliphatic heterocycles. The van der Waals surface area contributed by atoms with Crippen LogP contribution in [0.3, 0.4) is 0 Å². The molecular weight excluding hydrogens is 1550 g/mol. The number of carbonyl (C=O) groups is 6. The van der Waals surface area contributed by atoms with Crippen LogP contribution in [0.15, 0.2) is 0 Å². The zero-order chi connectivity index (χ0) is 87.7. The van der Waals surface area contributed by atoms with Crippen LogP contribution in [0.25, 0.3) is 0 Å². The fourth-order valence-corrected chi connectivity index (χ4v) is 17.3. The Hall–Kier alpha value is -3.35. The van der Waals surface area contributed by atoms with Gasteiger partial charge in [0, 0.05) is 19.3 Å². The molecule has 8 N–H and O–H groups in total. The Morgan fingerprint density at radius 3 is 0.900 bits per heavy atom. The van der Waals surface area contributed by atoms with Crippen LogP contribution in [-0.4, -0.2) is 159 Å². The molecule has 0 aromatic heterocycles. The fraction of sp³-hybridized carbons (Fsp3) is 0.938. The summed E-state index contributed by atoms with van der Waals surface area (Å²) in [7, 11) is -5.58. The third-order valence-corrected chi connectivity index (χ3v) is 24.6. The molecule has 2 rings (SSSR count). The van der Waals surface area contributed by atoms with Crippen LogP contribution in [0.1, 0.15) is 485 Å². The number of aliphatic hydroxyl groups is 4. The first-order chi connectivity index (χ1) is 58.2. The number of aliphatic hydroxyl groups excluding tert-OH is 4. The number of carbonyl (C=O) groups excluding carboxylic acids is 6. The third-order valence-electron chi connectivity index (χ3n) is 24.1. The molecule has 2 heterocycles. The molecule has 24 heteroatoms. The van der Waals surface area contributed by atoms with E-state index in [2.05, 4.69) is 52.2 Å². The van der Waals surface area contributed by atoms with Gasteiger partial charge in [0.2, 0.25) is 11.8 Å². The average molecular weight is 1730 g/mol. The first-order valence-electron chi connectivity index (χ1n) is 49.9. The highest BCUT2D eigenvalue weighted by Gasteiger charge is 2.53. The molecular formula is C96H181N2O21P. The van der Waals surface area contributed by atoms with Gasteiger partial charge in [0.1, 0.15) is 60.9 Å². The van der Waals surface area contributed by atoms with Crippen molar-refractivity contribution in [3.8, 4) is 0 Å². The van der Waals surface area contributed by atoms with Gasteiger partial charge >= 0.3 is 31.7 Å². The second-order valence-corrected chi connectivity index (χ2v) is 36.7. The van der Waals surface area contributed by atoms with Crippen molar-refractivity contribution in [2.24, 2.45) is 0 Å². The van der Waals surface area contributed by atoms with Gasteiger partial charge < -0.3 is 74.0 Å². The zero-order valence-electron chi connectivity index (χ0n) is 77.0. The molecule has 0 aromatic rings. The lowest BCUT2D eigenvalue weighted by molar-refractivity contribution is -0.297. The van der Waals surface area contributed by atoms with Gasteiger partial charge in [0.05, 0.1) is 32.5 Å². The van der Waals surface area contributed by atoms with Gasteiger partial charge in [-0.15, -0.1) is 0 Å². The van der Waals surface area contributed by atoms with Crippen molar-refractivity contribution in [1.82, 2.24) is 10.6 Å². The summed E-state index contributed by atoms with van der Waals surface area (Å²) in [5.41, 5.74) is 0. The van der Waals surface area contributed by atoms with Crippen LogP contribution < -0.4 is 10.6 Å². The maximum absolute atomic E-state index is 15.0. The Bertz CT molecular complexity index is 2510. The van der Waals surface area contributed by atoms with Crippen LogP contribution in [0, 0.1) is 0 Å². The number of ether oxygens (including phenoxy) is 7. The maximum Gasteiger partial charge on any atom is 0.470 e. The monoisotopic (exact) mass is 1730 g/mol. The molecule has 706 valence electrons. The predicted octanol–water partition coefficient (Wildman–Crippen LogP) is 22.3. The van der Waals surface area contributed by atoms with Gasteiger partial charge in [-0.1, -0.05) is 388 Å². The molecule has 4 unspecified atom stereocenters. The molecule has 0 saturated carbocycles. The van der Waals surface area contributed by atoms with E-state index in [4.69, 9.17) is 37.7 Å². The summed E-state index contributed by atoms with van der Waals surface area (Å²) in [6.07, 6.45) is 46.7. The topological polar surface area (TPSA) is 339 Å². The Balaban J connectivity index is 2.58. The Morgan fingerprint density at radius 1 is 0.333 bits per heavy atom. The first kappa shape index (κ1) is 113. The summed E-state index contributed by atoms with van der Waals surface area (Å²) in [5, 5.41) is 51.8. The molecule has 23 nitrogen and oxygen atoms in total. The van der Waals surface area contributed by atoms with Crippen molar-refractivity contribution in [2.75, 3.05) is 13.2 Å². The first-order valence-corrected chi connectivity index (χ1v) is 51.4. The molecule has 0 spiro atoms. The second kappa shape index (κ2) is 76.8. The number of amides is 2. The molecule has 120 heavy (non-hydrogen) atoms.